The Labute approximate surface area is 145 Å². The first-order valence-corrected chi connectivity index (χ1v) is 9.28. The molecule has 0 saturated heterocycles. The minimum Gasteiger partial charge on any atom is -0.382 e. The van der Waals surface area contributed by atoms with Crippen LogP contribution in [0.15, 0.2) is 28.8 Å². The SMILES string of the molecule is CC(C)C1CC2=C(C1)NCC=N2.CCC1(C)Cc2nccnc2C1. The van der Waals surface area contributed by atoms with Crippen LogP contribution in [0.25, 0.3) is 0 Å². The Kier molecular flexibility index (Phi) is 5.02. The van der Waals surface area contributed by atoms with Gasteiger partial charge < -0.3 is 5.32 Å². The number of hydrogen-bond acceptors (Lipinski definition) is 4. The van der Waals surface area contributed by atoms with Crippen LogP contribution in [0, 0.1) is 17.3 Å². The molecule has 130 valence electrons. The second-order valence-corrected chi connectivity index (χ2v) is 8.00. The summed E-state index contributed by atoms with van der Waals surface area (Å²) >= 11 is 0. The molecule has 1 N–H and O–H groups in total. The third kappa shape index (κ3) is 3.68. The Hall–Kier alpha value is -1.71. The van der Waals surface area contributed by atoms with Crippen molar-refractivity contribution in [2.24, 2.45) is 22.2 Å². The molecule has 1 atom stereocenters. The van der Waals surface area contributed by atoms with Crippen molar-refractivity contribution in [3.05, 3.63) is 35.2 Å². The first-order valence-electron chi connectivity index (χ1n) is 9.28. The average molecular weight is 326 g/mol. The lowest BCUT2D eigenvalue weighted by atomic mass is 9.85. The van der Waals surface area contributed by atoms with E-state index in [-0.39, 0.29) is 0 Å². The molecule has 4 heteroatoms. The number of fused-ring (bicyclic) bond motifs is 1. The van der Waals surface area contributed by atoms with Crippen LogP contribution in [0.5, 0.6) is 0 Å². The molecule has 4 rings (SSSR count). The zero-order valence-corrected chi connectivity index (χ0v) is 15.5. The molecule has 2 aliphatic carbocycles. The van der Waals surface area contributed by atoms with Gasteiger partial charge in [0.25, 0.3) is 0 Å². The molecule has 0 spiro atoms. The summed E-state index contributed by atoms with van der Waals surface area (Å²) in [5, 5.41) is 3.40. The van der Waals surface area contributed by atoms with E-state index in [4.69, 9.17) is 0 Å². The van der Waals surface area contributed by atoms with Gasteiger partial charge in [0.15, 0.2) is 0 Å². The molecule has 2 heterocycles. The number of allylic oxidation sites excluding steroid dienone is 2. The fourth-order valence-corrected chi connectivity index (χ4v) is 3.74. The maximum absolute atomic E-state index is 4.42. The van der Waals surface area contributed by atoms with Crippen molar-refractivity contribution in [2.75, 3.05) is 6.54 Å². The van der Waals surface area contributed by atoms with Gasteiger partial charge in [0, 0.05) is 24.3 Å². The van der Waals surface area contributed by atoms with Crippen LogP contribution in [0.3, 0.4) is 0 Å². The van der Waals surface area contributed by atoms with Gasteiger partial charge in [-0.15, -0.1) is 0 Å². The highest BCUT2D eigenvalue weighted by Gasteiger charge is 2.32. The van der Waals surface area contributed by atoms with Crippen LogP contribution < -0.4 is 5.32 Å². The van der Waals surface area contributed by atoms with Crippen molar-refractivity contribution in [2.45, 2.75) is 59.8 Å². The van der Waals surface area contributed by atoms with E-state index in [1.807, 2.05) is 6.21 Å². The smallest absolute Gasteiger partial charge is 0.0624 e. The molecule has 0 amide bonds. The normalized spacial score (nSPS) is 23.5. The van der Waals surface area contributed by atoms with Crippen molar-refractivity contribution >= 4 is 6.21 Å². The number of aliphatic imine (C=N–C) groups is 1. The summed E-state index contributed by atoms with van der Waals surface area (Å²) < 4.78 is 0. The van der Waals surface area contributed by atoms with Gasteiger partial charge in [-0.3, -0.25) is 15.0 Å². The third-order valence-electron chi connectivity index (χ3n) is 5.77. The first-order chi connectivity index (χ1) is 11.5. The van der Waals surface area contributed by atoms with Crippen molar-refractivity contribution in [1.29, 1.82) is 0 Å². The average Bonchev–Trinajstić information content (AvgIpc) is 3.16. The number of rotatable bonds is 2. The van der Waals surface area contributed by atoms with Crippen molar-refractivity contribution in [3.63, 3.8) is 0 Å². The molecule has 0 bridgehead atoms. The van der Waals surface area contributed by atoms with Crippen LogP contribution >= 0.6 is 0 Å². The van der Waals surface area contributed by atoms with E-state index < -0.39 is 0 Å². The standard InChI is InChI=1S/C10H16N2.C10H14N2/c1-7(2)8-5-9-10(6-8)12-4-3-11-9;1-3-10(2)6-8-9(7-10)12-5-4-11-8/h3,7-8,12H,4-6H2,1-2H3;4-5H,3,6-7H2,1-2H3. The van der Waals surface area contributed by atoms with E-state index in [2.05, 4.69) is 48.0 Å². The van der Waals surface area contributed by atoms with E-state index >= 15 is 0 Å². The first kappa shape index (κ1) is 17.1. The largest absolute Gasteiger partial charge is 0.382 e. The summed E-state index contributed by atoms with van der Waals surface area (Å²) in [6.45, 7) is 10.1. The van der Waals surface area contributed by atoms with E-state index in [0.29, 0.717) is 5.41 Å². The van der Waals surface area contributed by atoms with Crippen LogP contribution in [-0.4, -0.2) is 22.7 Å². The van der Waals surface area contributed by atoms with Gasteiger partial charge in [-0.05, 0) is 49.4 Å². The Balaban J connectivity index is 0.000000141. The predicted octanol–water partition coefficient (Wildman–Crippen LogP) is 3.93. The maximum Gasteiger partial charge on any atom is 0.0624 e. The highest BCUT2D eigenvalue weighted by molar-refractivity contribution is 5.64. The van der Waals surface area contributed by atoms with Gasteiger partial charge in [-0.1, -0.05) is 27.7 Å². The Morgan fingerprint density at radius 3 is 2.38 bits per heavy atom. The minimum absolute atomic E-state index is 0.420. The molecule has 1 aromatic rings. The molecule has 4 nitrogen and oxygen atoms in total. The van der Waals surface area contributed by atoms with Gasteiger partial charge in [-0.2, -0.15) is 0 Å². The van der Waals surface area contributed by atoms with Gasteiger partial charge >= 0.3 is 0 Å². The van der Waals surface area contributed by atoms with Gasteiger partial charge in [0.2, 0.25) is 0 Å². The molecule has 1 unspecified atom stereocenters. The Morgan fingerprint density at radius 1 is 1.17 bits per heavy atom. The van der Waals surface area contributed by atoms with Gasteiger partial charge in [-0.25, -0.2) is 0 Å². The second-order valence-electron chi connectivity index (χ2n) is 8.00. The number of hydrogen-bond donors (Lipinski definition) is 1. The van der Waals surface area contributed by atoms with Crippen LogP contribution in [0.1, 0.15) is 58.3 Å². The lowest BCUT2D eigenvalue weighted by Gasteiger charge is -2.19. The fraction of sp³-hybridized carbons (Fsp3) is 0.650. The maximum atomic E-state index is 4.42. The molecule has 3 aliphatic rings. The van der Waals surface area contributed by atoms with E-state index in [9.17, 15) is 0 Å². The topological polar surface area (TPSA) is 50.2 Å². The number of nitrogens with zero attached hydrogens (tertiary/aromatic N) is 3. The van der Waals surface area contributed by atoms with Crippen molar-refractivity contribution in [1.82, 2.24) is 15.3 Å². The van der Waals surface area contributed by atoms with Crippen LogP contribution in [0.2, 0.25) is 0 Å². The second kappa shape index (κ2) is 7.04. The monoisotopic (exact) mass is 326 g/mol. The van der Waals surface area contributed by atoms with E-state index in [1.54, 1.807) is 12.4 Å². The Bertz CT molecular complexity index is 620. The zero-order valence-electron chi connectivity index (χ0n) is 15.5. The van der Waals surface area contributed by atoms with Crippen LogP contribution in [0.4, 0.5) is 0 Å². The zero-order chi connectivity index (χ0) is 17.2. The minimum atomic E-state index is 0.420. The molecule has 24 heavy (non-hydrogen) atoms. The summed E-state index contributed by atoms with van der Waals surface area (Å²) in [7, 11) is 0. The van der Waals surface area contributed by atoms with E-state index in [0.717, 1.165) is 31.2 Å². The number of aromatic nitrogens is 2. The van der Waals surface area contributed by atoms with Gasteiger partial charge in [0.1, 0.15) is 0 Å². The highest BCUT2D eigenvalue weighted by atomic mass is 15.0. The molecule has 1 aliphatic heterocycles. The highest BCUT2D eigenvalue weighted by Crippen LogP contribution is 2.37. The Morgan fingerprint density at radius 2 is 1.83 bits per heavy atom. The fourth-order valence-electron chi connectivity index (χ4n) is 3.74. The lowest BCUT2D eigenvalue weighted by Crippen LogP contribution is -2.19. The summed E-state index contributed by atoms with van der Waals surface area (Å²) in [4.78, 5) is 13.1. The molecule has 0 aromatic carbocycles. The predicted molar refractivity (Wildman–Crippen MR) is 98.9 cm³/mol. The molecule has 0 radical (unpaired) electrons. The lowest BCUT2D eigenvalue weighted by molar-refractivity contribution is 0.329. The molecule has 1 aromatic heterocycles. The number of nitrogens with one attached hydrogen (secondary N) is 1. The molecule has 0 fully saturated rings. The molecule has 0 saturated carbocycles. The molecular formula is C20H30N4. The summed E-state index contributed by atoms with van der Waals surface area (Å²) in [5.74, 6) is 1.60. The van der Waals surface area contributed by atoms with Gasteiger partial charge in [0.05, 0.1) is 23.6 Å². The molecular weight excluding hydrogens is 296 g/mol. The summed E-state index contributed by atoms with van der Waals surface area (Å²) in [6.07, 6.45) is 11.4. The van der Waals surface area contributed by atoms with Crippen molar-refractivity contribution < 1.29 is 0 Å². The van der Waals surface area contributed by atoms with Crippen LogP contribution in [-0.2, 0) is 12.8 Å². The summed E-state index contributed by atoms with van der Waals surface area (Å²) in [5.41, 5.74) is 5.55. The van der Waals surface area contributed by atoms with Crippen molar-refractivity contribution in [3.8, 4) is 0 Å². The van der Waals surface area contributed by atoms with E-state index in [1.165, 1.54) is 42.0 Å². The third-order valence-corrected chi connectivity index (χ3v) is 5.77. The quantitative estimate of drug-likeness (QED) is 0.896. The summed E-state index contributed by atoms with van der Waals surface area (Å²) in [6, 6.07) is 0.